The lowest BCUT2D eigenvalue weighted by Gasteiger charge is -2.16. The fourth-order valence-corrected chi connectivity index (χ4v) is 4.47. The van der Waals surface area contributed by atoms with Crippen molar-refractivity contribution in [2.45, 2.75) is 19.0 Å². The molecule has 4 aromatic rings. The SMILES string of the molecule is Cn1c(C(=O)O)cnc1CN1CCC(n2c(=O)n(-c3ccc(NO)cc3)c3cccnc32)C1. The normalized spacial score (nSPS) is 16.5. The van der Waals surface area contributed by atoms with E-state index in [1.165, 1.54) is 6.20 Å². The van der Waals surface area contributed by atoms with Crippen LogP contribution in [0.3, 0.4) is 0 Å². The first-order valence-electron chi connectivity index (χ1n) is 10.5. The van der Waals surface area contributed by atoms with Gasteiger partial charge in [-0.05, 0) is 42.8 Å². The lowest BCUT2D eigenvalue weighted by atomic mass is 10.2. The maximum absolute atomic E-state index is 13.5. The molecule has 170 valence electrons. The zero-order valence-electron chi connectivity index (χ0n) is 17.9. The summed E-state index contributed by atoms with van der Waals surface area (Å²) in [6.07, 6.45) is 3.81. The van der Waals surface area contributed by atoms with Crippen LogP contribution in [0.2, 0.25) is 0 Å². The Morgan fingerprint density at radius 2 is 2.00 bits per heavy atom. The molecule has 1 aromatic carbocycles. The molecule has 11 nitrogen and oxygen atoms in total. The number of anilines is 1. The second-order valence-electron chi connectivity index (χ2n) is 8.09. The molecule has 0 bridgehead atoms. The summed E-state index contributed by atoms with van der Waals surface area (Å²) in [6.45, 7) is 1.87. The number of hydrogen-bond donors (Lipinski definition) is 3. The molecule has 1 aliphatic heterocycles. The molecule has 0 aliphatic carbocycles. The molecule has 33 heavy (non-hydrogen) atoms. The van der Waals surface area contributed by atoms with E-state index >= 15 is 0 Å². The number of pyridine rings is 1. The second kappa shape index (κ2) is 8.19. The monoisotopic (exact) mass is 449 g/mol. The van der Waals surface area contributed by atoms with Crippen LogP contribution in [0.15, 0.2) is 53.6 Å². The third-order valence-corrected chi connectivity index (χ3v) is 6.17. The maximum atomic E-state index is 13.5. The summed E-state index contributed by atoms with van der Waals surface area (Å²) in [5.41, 5.74) is 4.60. The number of benzene rings is 1. The van der Waals surface area contributed by atoms with Gasteiger partial charge in [0.1, 0.15) is 11.5 Å². The van der Waals surface area contributed by atoms with Gasteiger partial charge in [0.25, 0.3) is 0 Å². The van der Waals surface area contributed by atoms with E-state index in [1.807, 2.05) is 6.07 Å². The highest BCUT2D eigenvalue weighted by Crippen LogP contribution is 2.26. The highest BCUT2D eigenvalue weighted by molar-refractivity contribution is 5.85. The molecule has 0 saturated carbocycles. The summed E-state index contributed by atoms with van der Waals surface area (Å²) < 4.78 is 4.96. The van der Waals surface area contributed by atoms with Crippen LogP contribution in [0.4, 0.5) is 5.69 Å². The number of hydrogen-bond acceptors (Lipinski definition) is 7. The molecule has 4 heterocycles. The molecule has 0 spiro atoms. The molecule has 1 atom stereocenters. The molecule has 1 fully saturated rings. The van der Waals surface area contributed by atoms with Gasteiger partial charge in [0.15, 0.2) is 5.65 Å². The molecule has 1 saturated heterocycles. The molecule has 1 unspecified atom stereocenters. The van der Waals surface area contributed by atoms with Gasteiger partial charge in [0, 0.05) is 26.3 Å². The fourth-order valence-electron chi connectivity index (χ4n) is 4.47. The van der Waals surface area contributed by atoms with Crippen LogP contribution < -0.4 is 11.2 Å². The van der Waals surface area contributed by atoms with Crippen molar-refractivity contribution in [1.82, 2.24) is 28.6 Å². The van der Waals surface area contributed by atoms with Crippen molar-refractivity contribution in [3.63, 3.8) is 0 Å². The van der Waals surface area contributed by atoms with Crippen LogP contribution >= 0.6 is 0 Å². The molecule has 5 rings (SSSR count). The molecule has 3 N–H and O–H groups in total. The van der Waals surface area contributed by atoms with Gasteiger partial charge in [-0.1, -0.05) is 0 Å². The van der Waals surface area contributed by atoms with Gasteiger partial charge in [0.05, 0.1) is 35.7 Å². The quantitative estimate of drug-likeness (QED) is 0.380. The van der Waals surface area contributed by atoms with E-state index < -0.39 is 5.97 Å². The van der Waals surface area contributed by atoms with Crippen LogP contribution in [0, 0.1) is 0 Å². The van der Waals surface area contributed by atoms with Gasteiger partial charge < -0.3 is 9.67 Å². The number of nitrogens with zero attached hydrogens (tertiary/aromatic N) is 6. The summed E-state index contributed by atoms with van der Waals surface area (Å²) in [4.78, 5) is 35.8. The number of carboxylic acid groups (broad SMARTS) is 1. The largest absolute Gasteiger partial charge is 0.477 e. The maximum Gasteiger partial charge on any atom is 0.354 e. The van der Waals surface area contributed by atoms with Gasteiger partial charge in [0.2, 0.25) is 0 Å². The zero-order chi connectivity index (χ0) is 23.1. The molecular weight excluding hydrogens is 426 g/mol. The van der Waals surface area contributed by atoms with E-state index in [2.05, 4.69) is 20.3 Å². The van der Waals surface area contributed by atoms with Gasteiger partial charge >= 0.3 is 11.7 Å². The number of rotatable bonds is 6. The Morgan fingerprint density at radius 1 is 1.21 bits per heavy atom. The number of carbonyl (C=O) groups is 1. The third-order valence-electron chi connectivity index (χ3n) is 6.17. The number of carboxylic acids is 1. The summed E-state index contributed by atoms with van der Waals surface area (Å²) in [5.74, 6) is -0.345. The van der Waals surface area contributed by atoms with Gasteiger partial charge in [-0.25, -0.2) is 19.6 Å². The van der Waals surface area contributed by atoms with Gasteiger partial charge in [-0.2, -0.15) is 0 Å². The number of likely N-dealkylation sites (tertiary alicyclic amines) is 1. The topological polar surface area (TPSA) is 130 Å². The Hall–Kier alpha value is -3.96. The molecule has 0 radical (unpaired) electrons. The Balaban J connectivity index is 1.46. The minimum absolute atomic E-state index is 0.0752. The van der Waals surface area contributed by atoms with E-state index in [0.717, 1.165) is 13.0 Å². The average Bonchev–Trinajstić information content (AvgIpc) is 3.50. The van der Waals surface area contributed by atoms with E-state index in [0.29, 0.717) is 41.5 Å². The average molecular weight is 449 g/mol. The molecule has 3 aromatic heterocycles. The first-order valence-corrected chi connectivity index (χ1v) is 10.5. The third kappa shape index (κ3) is 3.56. The zero-order valence-corrected chi connectivity index (χ0v) is 17.9. The Bertz CT molecular complexity index is 1390. The van der Waals surface area contributed by atoms with Crippen molar-refractivity contribution in [3.8, 4) is 5.69 Å². The minimum Gasteiger partial charge on any atom is -0.477 e. The number of nitrogens with one attached hydrogen (secondary N) is 1. The van der Waals surface area contributed by atoms with Crippen LogP contribution in [0.5, 0.6) is 0 Å². The Labute approximate surface area is 188 Å². The molecule has 11 heteroatoms. The van der Waals surface area contributed by atoms with Crippen molar-refractivity contribution in [2.75, 3.05) is 18.6 Å². The molecule has 0 amide bonds. The van der Waals surface area contributed by atoms with Crippen LogP contribution in [-0.4, -0.2) is 57.9 Å². The van der Waals surface area contributed by atoms with Gasteiger partial charge in [-0.15, -0.1) is 0 Å². The number of aromatic carboxylic acids is 1. The van der Waals surface area contributed by atoms with Crippen LogP contribution in [0.1, 0.15) is 28.8 Å². The van der Waals surface area contributed by atoms with E-state index in [9.17, 15) is 14.7 Å². The molecular formula is C22H23N7O4. The summed E-state index contributed by atoms with van der Waals surface area (Å²) in [5, 5.41) is 18.3. The van der Waals surface area contributed by atoms with Crippen molar-refractivity contribution in [2.24, 2.45) is 7.05 Å². The predicted molar refractivity (Wildman–Crippen MR) is 120 cm³/mol. The van der Waals surface area contributed by atoms with E-state index in [-0.39, 0.29) is 17.4 Å². The minimum atomic E-state index is -1.01. The fraction of sp³-hybridized carbons (Fsp3) is 0.273. The Morgan fingerprint density at radius 3 is 2.70 bits per heavy atom. The summed E-state index contributed by atoms with van der Waals surface area (Å²) >= 11 is 0. The highest BCUT2D eigenvalue weighted by atomic mass is 16.5. The van der Waals surface area contributed by atoms with Crippen molar-refractivity contribution < 1.29 is 15.1 Å². The number of imidazole rings is 2. The van der Waals surface area contributed by atoms with Crippen LogP contribution in [0.25, 0.3) is 16.9 Å². The summed E-state index contributed by atoms with van der Waals surface area (Å²) in [6, 6.07) is 10.5. The Kier molecular flexibility index (Phi) is 5.19. The smallest absolute Gasteiger partial charge is 0.354 e. The first kappa shape index (κ1) is 20.9. The highest BCUT2D eigenvalue weighted by Gasteiger charge is 2.29. The molecule has 1 aliphatic rings. The van der Waals surface area contributed by atoms with Crippen molar-refractivity contribution in [1.29, 1.82) is 0 Å². The van der Waals surface area contributed by atoms with Crippen LogP contribution in [-0.2, 0) is 13.6 Å². The standard InChI is InChI=1S/C22H23N7O4/c1-26-18(21(30)31)11-24-19(26)13-27-10-8-16(12-27)29-20-17(3-2-9-23-20)28(22(29)32)15-6-4-14(25-33)5-7-15/h2-7,9,11,16,25,33H,8,10,12-13H2,1H3,(H,30,31). The number of fused-ring (bicyclic) bond motifs is 1. The second-order valence-corrected chi connectivity index (χ2v) is 8.09. The van der Waals surface area contributed by atoms with E-state index in [4.69, 9.17) is 5.21 Å². The summed E-state index contributed by atoms with van der Waals surface area (Å²) in [7, 11) is 1.69. The van der Waals surface area contributed by atoms with Crippen molar-refractivity contribution >= 4 is 22.8 Å². The van der Waals surface area contributed by atoms with Crippen molar-refractivity contribution in [3.05, 3.63) is 70.8 Å². The van der Waals surface area contributed by atoms with E-state index in [1.54, 1.807) is 57.3 Å². The predicted octanol–water partition coefficient (Wildman–Crippen LogP) is 1.87. The van der Waals surface area contributed by atoms with Gasteiger partial charge in [-0.3, -0.25) is 24.7 Å². The lowest BCUT2D eigenvalue weighted by molar-refractivity contribution is 0.0686. The number of aromatic nitrogens is 5. The first-order chi connectivity index (χ1) is 16.0. The lowest BCUT2D eigenvalue weighted by Crippen LogP contribution is -2.29.